The fourth-order valence-electron chi connectivity index (χ4n) is 3.16. The molecule has 0 fully saturated rings. The van der Waals surface area contributed by atoms with E-state index in [1.807, 2.05) is 61.1 Å². The molecule has 0 saturated heterocycles. The van der Waals surface area contributed by atoms with E-state index in [0.717, 1.165) is 22.2 Å². The van der Waals surface area contributed by atoms with Crippen molar-refractivity contribution in [2.75, 3.05) is 0 Å². The summed E-state index contributed by atoms with van der Waals surface area (Å²) in [7, 11) is 1.99. The van der Waals surface area contributed by atoms with Crippen molar-refractivity contribution in [3.8, 4) is 17.3 Å². The van der Waals surface area contributed by atoms with Crippen LogP contribution in [0.5, 0.6) is 0 Å². The van der Waals surface area contributed by atoms with Crippen LogP contribution in [0.3, 0.4) is 0 Å². The summed E-state index contributed by atoms with van der Waals surface area (Å²) in [5.41, 5.74) is 4.47. The van der Waals surface area contributed by atoms with Crippen LogP contribution < -0.4 is 4.57 Å². The summed E-state index contributed by atoms with van der Waals surface area (Å²) >= 11 is 0. The van der Waals surface area contributed by atoms with E-state index in [9.17, 15) is 9.65 Å². The monoisotopic (exact) mass is 317 g/mol. The molecule has 0 aliphatic carbocycles. The number of benzene rings is 2. The fourth-order valence-corrected chi connectivity index (χ4v) is 3.16. The molecule has 4 rings (SSSR count). The predicted molar refractivity (Wildman–Crippen MR) is 89.7 cm³/mol. The maximum atomic E-state index is 13.8. The summed E-state index contributed by atoms with van der Waals surface area (Å²) in [6, 6.07) is 14.6. The van der Waals surface area contributed by atoms with Gasteiger partial charge in [-0.3, -0.25) is 0 Å². The number of fused-ring (bicyclic) bond motifs is 3. The maximum Gasteiger partial charge on any atom is 0.212 e. The van der Waals surface area contributed by atoms with Crippen LogP contribution in [0.25, 0.3) is 33.2 Å². The number of hydrogen-bond donors (Lipinski definition) is 0. The Morgan fingerprint density at radius 2 is 1.96 bits per heavy atom. The zero-order valence-corrected chi connectivity index (χ0v) is 13.3. The molecular weight excluding hydrogens is 303 g/mol. The number of aromatic nitrogens is 1. The molecule has 4 aromatic rings. The molecule has 2 aromatic carbocycles. The average Bonchev–Trinajstić information content (AvgIpc) is 2.91. The van der Waals surface area contributed by atoms with E-state index in [2.05, 4.69) is 0 Å². The van der Waals surface area contributed by atoms with Gasteiger partial charge in [0.1, 0.15) is 24.5 Å². The minimum Gasteiger partial charge on any atom is -0.455 e. The Kier molecular flexibility index (Phi) is 3.10. The summed E-state index contributed by atoms with van der Waals surface area (Å²) in [4.78, 5) is 0. The molecule has 0 amide bonds. The van der Waals surface area contributed by atoms with Crippen LogP contribution in [0, 0.1) is 24.1 Å². The smallest absolute Gasteiger partial charge is 0.212 e. The minimum atomic E-state index is -0.432. The predicted octanol–water partition coefficient (Wildman–Crippen LogP) is 4.40. The van der Waals surface area contributed by atoms with Gasteiger partial charge in [-0.05, 0) is 42.8 Å². The summed E-state index contributed by atoms with van der Waals surface area (Å²) in [5.74, 6) is -0.432. The highest BCUT2D eigenvalue weighted by Crippen LogP contribution is 2.35. The Morgan fingerprint density at radius 3 is 2.71 bits per heavy atom. The molecule has 4 heteroatoms. The van der Waals surface area contributed by atoms with Gasteiger partial charge in [0.25, 0.3) is 0 Å². The van der Waals surface area contributed by atoms with Crippen LogP contribution in [0.2, 0.25) is 0 Å². The summed E-state index contributed by atoms with van der Waals surface area (Å²) < 4.78 is 21.7. The number of hydrogen-bond acceptors (Lipinski definition) is 2. The highest BCUT2D eigenvalue weighted by Gasteiger charge is 2.18. The van der Waals surface area contributed by atoms with Crippen molar-refractivity contribution in [2.45, 2.75) is 6.92 Å². The molecule has 0 atom stereocenters. The average molecular weight is 317 g/mol. The second kappa shape index (κ2) is 5.17. The summed E-state index contributed by atoms with van der Waals surface area (Å²) in [5, 5.41) is 10.7. The first-order valence-corrected chi connectivity index (χ1v) is 7.60. The van der Waals surface area contributed by atoms with Gasteiger partial charge >= 0.3 is 0 Å². The van der Waals surface area contributed by atoms with Crippen LogP contribution in [0.1, 0.15) is 11.1 Å². The molecule has 24 heavy (non-hydrogen) atoms. The summed E-state index contributed by atoms with van der Waals surface area (Å²) in [6.45, 7) is 2.02. The number of nitrogens with zero attached hydrogens (tertiary/aromatic N) is 2. The first-order valence-electron chi connectivity index (χ1n) is 7.60. The number of halogens is 1. The Hall–Kier alpha value is -3.19. The van der Waals surface area contributed by atoms with Crippen LogP contribution in [0.4, 0.5) is 4.39 Å². The Labute approximate surface area is 138 Å². The van der Waals surface area contributed by atoms with Crippen LogP contribution in [0.15, 0.2) is 53.1 Å². The van der Waals surface area contributed by atoms with E-state index in [0.29, 0.717) is 16.6 Å². The minimum absolute atomic E-state index is 0.214. The maximum absolute atomic E-state index is 13.8. The quantitative estimate of drug-likeness (QED) is 0.488. The topological polar surface area (TPSA) is 40.8 Å². The highest BCUT2D eigenvalue weighted by atomic mass is 19.1. The largest absolute Gasteiger partial charge is 0.455 e. The van der Waals surface area contributed by atoms with Gasteiger partial charge in [0.2, 0.25) is 5.69 Å². The Balaban J connectivity index is 2.08. The lowest BCUT2D eigenvalue weighted by atomic mass is 10.0. The van der Waals surface area contributed by atoms with Gasteiger partial charge in [0.05, 0.1) is 11.1 Å². The second-order valence-corrected chi connectivity index (χ2v) is 5.90. The molecule has 0 aliphatic heterocycles. The van der Waals surface area contributed by atoms with Crippen molar-refractivity contribution >= 4 is 21.9 Å². The Bertz CT molecular complexity index is 1150. The number of nitriles is 1. The van der Waals surface area contributed by atoms with E-state index in [4.69, 9.17) is 4.42 Å². The van der Waals surface area contributed by atoms with Crippen molar-refractivity contribution < 1.29 is 13.4 Å². The molecule has 3 nitrogen and oxygen atoms in total. The second-order valence-electron chi connectivity index (χ2n) is 5.90. The number of aryl methyl sites for hydroxylation is 2. The molecule has 0 unspecified atom stereocenters. The van der Waals surface area contributed by atoms with Crippen LogP contribution >= 0.6 is 0 Å². The van der Waals surface area contributed by atoms with Crippen LogP contribution in [-0.2, 0) is 7.05 Å². The molecular formula is C20H14FN2O+. The fraction of sp³-hybridized carbons (Fsp3) is 0.100. The van der Waals surface area contributed by atoms with E-state index in [1.54, 1.807) is 0 Å². The number of rotatable bonds is 1. The van der Waals surface area contributed by atoms with Gasteiger partial charge in [-0.2, -0.15) is 5.26 Å². The molecule has 0 bridgehead atoms. The van der Waals surface area contributed by atoms with E-state index in [1.165, 1.54) is 12.1 Å². The zero-order valence-electron chi connectivity index (χ0n) is 13.3. The molecule has 0 spiro atoms. The number of furan rings is 1. The van der Waals surface area contributed by atoms with Crippen molar-refractivity contribution in [2.24, 2.45) is 7.05 Å². The lowest BCUT2D eigenvalue weighted by molar-refractivity contribution is -0.660. The van der Waals surface area contributed by atoms with Gasteiger partial charge in [-0.1, -0.05) is 0 Å². The van der Waals surface area contributed by atoms with Gasteiger partial charge in [-0.25, -0.2) is 8.96 Å². The molecule has 0 aliphatic rings. The van der Waals surface area contributed by atoms with E-state index >= 15 is 0 Å². The van der Waals surface area contributed by atoms with Crippen molar-refractivity contribution in [1.29, 1.82) is 5.26 Å². The third-order valence-electron chi connectivity index (χ3n) is 4.33. The molecule has 0 saturated carbocycles. The molecule has 0 N–H and O–H groups in total. The highest BCUT2D eigenvalue weighted by molar-refractivity contribution is 6.07. The zero-order chi connectivity index (χ0) is 16.8. The third-order valence-corrected chi connectivity index (χ3v) is 4.33. The lowest BCUT2D eigenvalue weighted by Crippen LogP contribution is -2.30. The third kappa shape index (κ3) is 2.06. The van der Waals surface area contributed by atoms with Gasteiger partial charge < -0.3 is 4.42 Å². The van der Waals surface area contributed by atoms with Gasteiger partial charge in [0, 0.05) is 22.9 Å². The molecule has 2 aromatic heterocycles. The van der Waals surface area contributed by atoms with Crippen molar-refractivity contribution in [1.82, 2.24) is 0 Å². The molecule has 0 radical (unpaired) electrons. The lowest BCUT2D eigenvalue weighted by Gasteiger charge is -2.04. The molecule has 2 heterocycles. The standard InChI is InChI=1S/C20H14FN2O/c1-12-7-16-17-9-14(21)8-13(11-22)20(17)24-19(16)10-15(12)18-5-3-4-6-23(18)2/h3-10H,1-2H3/q+1. The first-order chi connectivity index (χ1) is 11.6. The van der Waals surface area contributed by atoms with E-state index < -0.39 is 5.82 Å². The van der Waals surface area contributed by atoms with Gasteiger partial charge in [-0.15, -0.1) is 0 Å². The normalized spacial score (nSPS) is 11.1. The van der Waals surface area contributed by atoms with Crippen molar-refractivity contribution in [3.05, 3.63) is 65.6 Å². The Morgan fingerprint density at radius 1 is 1.12 bits per heavy atom. The van der Waals surface area contributed by atoms with Crippen LogP contribution in [-0.4, -0.2) is 0 Å². The first kappa shape index (κ1) is 14.4. The van der Waals surface area contributed by atoms with Gasteiger partial charge in [0.15, 0.2) is 11.8 Å². The summed E-state index contributed by atoms with van der Waals surface area (Å²) in [6.07, 6.45) is 1.99. The number of pyridine rings is 1. The van der Waals surface area contributed by atoms with Crippen molar-refractivity contribution in [3.63, 3.8) is 0 Å². The molecule has 116 valence electrons. The SMILES string of the molecule is Cc1cc2c(cc1-c1cccc[n+]1C)oc1c(C#N)cc(F)cc12. The van der Waals surface area contributed by atoms with E-state index in [-0.39, 0.29) is 5.56 Å².